The van der Waals surface area contributed by atoms with Crippen LogP contribution >= 0.6 is 0 Å². The summed E-state index contributed by atoms with van der Waals surface area (Å²) in [6, 6.07) is 15.0. The Balaban J connectivity index is 1.57. The van der Waals surface area contributed by atoms with Gasteiger partial charge in [0.1, 0.15) is 17.2 Å². The van der Waals surface area contributed by atoms with E-state index in [0.717, 1.165) is 10.1 Å². The third-order valence-electron chi connectivity index (χ3n) is 4.71. The SMILES string of the molecule is Cc1nc2ccc(F)cc2nc1-c1cc2nc(S(=O)Cc3ccccc3)[nH]c(=O)n2n1. The Morgan fingerprint density at radius 1 is 1.03 bits per heavy atom. The average molecular weight is 434 g/mol. The Labute approximate surface area is 177 Å². The summed E-state index contributed by atoms with van der Waals surface area (Å²) in [6.07, 6.45) is 0. The molecule has 3 heterocycles. The molecule has 5 aromatic rings. The zero-order valence-electron chi connectivity index (χ0n) is 16.2. The van der Waals surface area contributed by atoms with E-state index in [9.17, 15) is 13.4 Å². The third kappa shape index (κ3) is 3.61. The van der Waals surface area contributed by atoms with E-state index >= 15 is 0 Å². The second-order valence-electron chi connectivity index (χ2n) is 6.91. The molecule has 10 heteroatoms. The lowest BCUT2D eigenvalue weighted by Crippen LogP contribution is -2.21. The van der Waals surface area contributed by atoms with Crippen LogP contribution < -0.4 is 5.69 Å². The van der Waals surface area contributed by atoms with E-state index in [1.807, 2.05) is 30.3 Å². The van der Waals surface area contributed by atoms with Gasteiger partial charge >= 0.3 is 5.69 Å². The van der Waals surface area contributed by atoms with Crippen molar-refractivity contribution >= 4 is 27.5 Å². The molecule has 0 saturated carbocycles. The maximum atomic E-state index is 13.6. The first-order chi connectivity index (χ1) is 15.0. The summed E-state index contributed by atoms with van der Waals surface area (Å²) >= 11 is 0. The standard InChI is InChI=1S/C21H15FN6O2S/c1-12-19(24-16-9-14(22)7-8-15(16)23-12)17-10-18-25-20(26-21(29)28(18)27-17)31(30)11-13-5-3-2-4-6-13/h2-10H,11H2,1H3,(H,25,26,29). The van der Waals surface area contributed by atoms with Crippen LogP contribution in [0.1, 0.15) is 11.3 Å². The Morgan fingerprint density at radius 2 is 1.84 bits per heavy atom. The first-order valence-electron chi connectivity index (χ1n) is 9.34. The highest BCUT2D eigenvalue weighted by Gasteiger charge is 2.16. The predicted molar refractivity (Wildman–Crippen MR) is 113 cm³/mol. The summed E-state index contributed by atoms with van der Waals surface area (Å²) < 4.78 is 27.4. The molecule has 0 radical (unpaired) electrons. The van der Waals surface area contributed by atoms with E-state index in [0.29, 0.717) is 28.1 Å². The number of aromatic amines is 1. The molecule has 1 unspecified atom stereocenters. The molecule has 8 nitrogen and oxygen atoms in total. The van der Waals surface area contributed by atoms with E-state index < -0.39 is 22.3 Å². The Hall–Kier alpha value is -3.79. The van der Waals surface area contributed by atoms with Gasteiger partial charge in [0.25, 0.3) is 0 Å². The van der Waals surface area contributed by atoms with Crippen LogP contribution in [0.5, 0.6) is 0 Å². The molecule has 0 amide bonds. The molecule has 1 N–H and O–H groups in total. The molecular weight excluding hydrogens is 419 g/mol. The lowest BCUT2D eigenvalue weighted by molar-refractivity contribution is 0.629. The maximum absolute atomic E-state index is 13.6. The molecule has 31 heavy (non-hydrogen) atoms. The van der Waals surface area contributed by atoms with E-state index in [1.165, 1.54) is 12.1 Å². The summed E-state index contributed by atoms with van der Waals surface area (Å²) in [6.45, 7) is 1.76. The van der Waals surface area contributed by atoms with Crippen molar-refractivity contribution in [1.82, 2.24) is 29.5 Å². The summed E-state index contributed by atoms with van der Waals surface area (Å²) in [7, 11) is -1.54. The largest absolute Gasteiger partial charge is 0.350 e. The monoisotopic (exact) mass is 434 g/mol. The smallest absolute Gasteiger partial charge is 0.283 e. The van der Waals surface area contributed by atoms with Gasteiger partial charge < -0.3 is 0 Å². The van der Waals surface area contributed by atoms with Crippen LogP contribution in [-0.2, 0) is 16.6 Å². The van der Waals surface area contributed by atoms with Crippen LogP contribution in [-0.4, -0.2) is 33.8 Å². The van der Waals surface area contributed by atoms with E-state index in [-0.39, 0.29) is 16.6 Å². The zero-order chi connectivity index (χ0) is 21.5. The molecule has 0 aliphatic carbocycles. The number of aromatic nitrogens is 6. The molecule has 0 aliphatic rings. The Bertz CT molecular complexity index is 1530. The first kappa shape index (κ1) is 19.2. The van der Waals surface area contributed by atoms with Crippen LogP contribution in [0.4, 0.5) is 4.39 Å². The molecule has 0 fully saturated rings. The molecule has 154 valence electrons. The molecule has 0 bridgehead atoms. The number of halogens is 1. The van der Waals surface area contributed by atoms with Crippen LogP contribution in [0.25, 0.3) is 28.1 Å². The van der Waals surface area contributed by atoms with Gasteiger partial charge in [-0.1, -0.05) is 30.3 Å². The van der Waals surface area contributed by atoms with Crippen molar-refractivity contribution in [2.24, 2.45) is 0 Å². The molecular formula is C21H15FN6O2S. The van der Waals surface area contributed by atoms with Gasteiger partial charge in [-0.3, -0.25) is 9.19 Å². The van der Waals surface area contributed by atoms with Crippen LogP contribution in [0.15, 0.2) is 64.5 Å². The molecule has 2 aromatic carbocycles. The van der Waals surface area contributed by atoms with Gasteiger partial charge in [0.15, 0.2) is 5.65 Å². The quantitative estimate of drug-likeness (QED) is 0.466. The molecule has 0 saturated heterocycles. The fourth-order valence-corrected chi connectivity index (χ4v) is 4.28. The minimum Gasteiger partial charge on any atom is -0.283 e. The minimum absolute atomic E-state index is 0.0659. The van der Waals surface area contributed by atoms with Crippen molar-refractivity contribution in [2.45, 2.75) is 17.8 Å². The summed E-state index contributed by atoms with van der Waals surface area (Å²) in [5.41, 5.74) is 2.82. The number of nitrogens with one attached hydrogen (secondary N) is 1. The number of fused-ring (bicyclic) bond motifs is 2. The van der Waals surface area contributed by atoms with E-state index in [2.05, 4.69) is 25.0 Å². The normalized spacial score (nSPS) is 12.5. The highest BCUT2D eigenvalue weighted by atomic mass is 32.2. The van der Waals surface area contributed by atoms with Crippen LogP contribution in [0.2, 0.25) is 0 Å². The minimum atomic E-state index is -1.54. The second-order valence-corrected chi connectivity index (χ2v) is 8.28. The van der Waals surface area contributed by atoms with Gasteiger partial charge in [-0.15, -0.1) is 0 Å². The van der Waals surface area contributed by atoms with Crippen molar-refractivity contribution in [2.75, 3.05) is 0 Å². The van der Waals surface area contributed by atoms with Gasteiger partial charge in [-0.2, -0.15) is 9.61 Å². The summed E-state index contributed by atoms with van der Waals surface area (Å²) in [5.74, 6) is -0.197. The van der Waals surface area contributed by atoms with Crippen molar-refractivity contribution in [1.29, 1.82) is 0 Å². The van der Waals surface area contributed by atoms with Crippen molar-refractivity contribution in [3.05, 3.63) is 82.2 Å². The van der Waals surface area contributed by atoms with Crippen molar-refractivity contribution < 1.29 is 8.60 Å². The highest BCUT2D eigenvalue weighted by Crippen LogP contribution is 2.23. The second kappa shape index (κ2) is 7.47. The topological polar surface area (TPSA) is 106 Å². The summed E-state index contributed by atoms with van der Waals surface area (Å²) in [5, 5.41) is 4.34. The van der Waals surface area contributed by atoms with Gasteiger partial charge in [0, 0.05) is 12.1 Å². The van der Waals surface area contributed by atoms with Gasteiger partial charge in [0.05, 0.1) is 33.3 Å². The predicted octanol–water partition coefficient (Wildman–Crippen LogP) is 2.78. The van der Waals surface area contributed by atoms with Gasteiger partial charge in [-0.25, -0.2) is 24.1 Å². The van der Waals surface area contributed by atoms with Crippen LogP contribution in [0, 0.1) is 12.7 Å². The molecule has 5 rings (SSSR count). The zero-order valence-corrected chi connectivity index (χ0v) is 17.1. The lowest BCUT2D eigenvalue weighted by Gasteiger charge is -2.04. The number of aryl methyl sites for hydroxylation is 1. The number of hydrogen-bond donors (Lipinski definition) is 1. The summed E-state index contributed by atoms with van der Waals surface area (Å²) in [4.78, 5) is 28.3. The highest BCUT2D eigenvalue weighted by molar-refractivity contribution is 7.84. The van der Waals surface area contributed by atoms with Gasteiger partial charge in [0.2, 0.25) is 5.16 Å². The fraction of sp³-hybridized carbons (Fsp3) is 0.0952. The molecule has 1 atom stereocenters. The maximum Gasteiger partial charge on any atom is 0.350 e. The molecule has 0 aliphatic heterocycles. The number of hydrogen-bond acceptors (Lipinski definition) is 6. The fourth-order valence-electron chi connectivity index (χ4n) is 3.25. The number of benzene rings is 2. The third-order valence-corrected chi connectivity index (χ3v) is 5.93. The Kier molecular flexibility index (Phi) is 4.63. The van der Waals surface area contributed by atoms with Crippen molar-refractivity contribution in [3.8, 4) is 11.4 Å². The average Bonchev–Trinajstić information content (AvgIpc) is 3.19. The number of rotatable bonds is 4. The van der Waals surface area contributed by atoms with Gasteiger partial charge in [-0.05, 0) is 24.6 Å². The van der Waals surface area contributed by atoms with Crippen molar-refractivity contribution in [3.63, 3.8) is 0 Å². The van der Waals surface area contributed by atoms with Crippen LogP contribution in [0.3, 0.4) is 0 Å². The Morgan fingerprint density at radius 3 is 2.65 bits per heavy atom. The number of nitrogens with zero attached hydrogens (tertiary/aromatic N) is 5. The molecule has 3 aromatic heterocycles. The lowest BCUT2D eigenvalue weighted by atomic mass is 10.2. The van der Waals surface area contributed by atoms with E-state index in [1.54, 1.807) is 19.1 Å². The first-order valence-corrected chi connectivity index (χ1v) is 10.7. The number of H-pyrrole nitrogens is 1. The molecule has 0 spiro atoms. The van der Waals surface area contributed by atoms with E-state index in [4.69, 9.17) is 0 Å².